The molecule has 1 unspecified atom stereocenters. The highest BCUT2D eigenvalue weighted by Crippen LogP contribution is 2.35. The summed E-state index contributed by atoms with van der Waals surface area (Å²) in [5.74, 6) is -0.909. The Kier molecular flexibility index (Phi) is 1.51. The molecule has 1 amide bonds. The summed E-state index contributed by atoms with van der Waals surface area (Å²) in [6.45, 7) is 0. The van der Waals surface area contributed by atoms with E-state index in [1.165, 1.54) is 18.2 Å². The van der Waals surface area contributed by atoms with Crippen LogP contribution in [0.25, 0.3) is 0 Å². The number of aliphatic hydroxyl groups is 1. The number of carbonyl (C=O) groups excluding carboxylic acids is 1. The van der Waals surface area contributed by atoms with Crippen LogP contribution in [-0.2, 0) is 0 Å². The maximum absolute atomic E-state index is 11.2. The Morgan fingerprint density at radius 2 is 2.08 bits per heavy atom. The molecule has 1 aliphatic rings. The van der Waals surface area contributed by atoms with Crippen LogP contribution in [0.2, 0.25) is 0 Å². The lowest BCUT2D eigenvalue weighted by Gasteiger charge is -2.11. The number of rotatable bonds is 0. The fraction of sp³-hybridized carbons (Fsp3) is 0.125. The standard InChI is InChI=1S/C8H7NO4/c10-5-3-1-2-4-6(5)8(12)9(13)7(4)11/h1-3,8,10,12-13H. The Hall–Kier alpha value is -1.59. The topological polar surface area (TPSA) is 81.0 Å². The number of aromatic hydroxyl groups is 1. The van der Waals surface area contributed by atoms with Crippen LogP contribution in [0.3, 0.4) is 0 Å². The molecule has 13 heavy (non-hydrogen) atoms. The molecule has 0 saturated carbocycles. The van der Waals surface area contributed by atoms with Gasteiger partial charge in [0.15, 0.2) is 6.23 Å². The molecule has 1 aromatic carbocycles. The largest absolute Gasteiger partial charge is 0.507 e. The zero-order valence-electron chi connectivity index (χ0n) is 6.51. The first-order chi connectivity index (χ1) is 6.13. The fourth-order valence-corrected chi connectivity index (χ4v) is 1.37. The zero-order chi connectivity index (χ0) is 9.59. The van der Waals surface area contributed by atoms with E-state index in [2.05, 4.69) is 0 Å². The van der Waals surface area contributed by atoms with Crippen molar-refractivity contribution in [3.8, 4) is 5.75 Å². The quantitative estimate of drug-likeness (QED) is 0.500. The first-order valence-corrected chi connectivity index (χ1v) is 3.65. The third kappa shape index (κ3) is 0.912. The van der Waals surface area contributed by atoms with Gasteiger partial charge in [0.05, 0.1) is 11.1 Å². The zero-order valence-corrected chi connectivity index (χ0v) is 6.51. The average Bonchev–Trinajstić information content (AvgIpc) is 2.33. The Morgan fingerprint density at radius 3 is 2.69 bits per heavy atom. The number of phenols is 1. The predicted octanol–water partition coefficient (Wildman–Crippen LogP) is 0.228. The lowest BCUT2D eigenvalue weighted by atomic mass is 10.1. The minimum atomic E-state index is -1.47. The van der Waals surface area contributed by atoms with Gasteiger partial charge >= 0.3 is 0 Å². The SMILES string of the molecule is O=C1c2cccc(O)c2C(O)N1O. The fourth-order valence-electron chi connectivity index (χ4n) is 1.37. The summed E-state index contributed by atoms with van der Waals surface area (Å²) in [7, 11) is 0. The second kappa shape index (κ2) is 2.45. The average molecular weight is 181 g/mol. The van der Waals surface area contributed by atoms with Gasteiger partial charge in [-0.25, -0.2) is 0 Å². The molecule has 3 N–H and O–H groups in total. The van der Waals surface area contributed by atoms with E-state index in [4.69, 9.17) is 5.21 Å². The minimum Gasteiger partial charge on any atom is -0.507 e. The maximum Gasteiger partial charge on any atom is 0.280 e. The molecule has 68 valence electrons. The number of hydroxylamine groups is 2. The van der Waals surface area contributed by atoms with Gasteiger partial charge < -0.3 is 10.2 Å². The van der Waals surface area contributed by atoms with E-state index < -0.39 is 12.1 Å². The van der Waals surface area contributed by atoms with Crippen molar-refractivity contribution in [2.75, 3.05) is 0 Å². The van der Waals surface area contributed by atoms with Crippen molar-refractivity contribution in [1.82, 2.24) is 5.06 Å². The normalized spacial score (nSPS) is 20.6. The summed E-state index contributed by atoms with van der Waals surface area (Å²) >= 11 is 0. The van der Waals surface area contributed by atoms with E-state index >= 15 is 0 Å². The molecule has 1 aliphatic heterocycles. The van der Waals surface area contributed by atoms with E-state index in [0.717, 1.165) is 0 Å². The number of benzene rings is 1. The van der Waals surface area contributed by atoms with Crippen molar-refractivity contribution in [2.45, 2.75) is 6.23 Å². The molecule has 5 nitrogen and oxygen atoms in total. The molecule has 5 heteroatoms. The van der Waals surface area contributed by atoms with Crippen LogP contribution in [0.15, 0.2) is 18.2 Å². The van der Waals surface area contributed by atoms with Crippen molar-refractivity contribution in [3.05, 3.63) is 29.3 Å². The van der Waals surface area contributed by atoms with Crippen LogP contribution >= 0.6 is 0 Å². The Labute approximate surface area is 73.4 Å². The second-order valence-electron chi connectivity index (χ2n) is 2.76. The molecule has 1 aromatic rings. The molecule has 0 aliphatic carbocycles. The molecule has 2 rings (SSSR count). The van der Waals surface area contributed by atoms with Gasteiger partial charge in [0.1, 0.15) is 5.75 Å². The lowest BCUT2D eigenvalue weighted by Crippen LogP contribution is -2.23. The van der Waals surface area contributed by atoms with Crippen molar-refractivity contribution < 1.29 is 20.2 Å². The third-order valence-electron chi connectivity index (χ3n) is 2.01. The number of aliphatic hydroxyl groups excluding tert-OH is 1. The van der Waals surface area contributed by atoms with E-state index in [0.29, 0.717) is 0 Å². The van der Waals surface area contributed by atoms with E-state index in [1.54, 1.807) is 0 Å². The Balaban J connectivity index is 2.66. The van der Waals surface area contributed by atoms with Gasteiger partial charge in [0, 0.05) is 0 Å². The monoisotopic (exact) mass is 181 g/mol. The van der Waals surface area contributed by atoms with Crippen LogP contribution in [0.1, 0.15) is 22.1 Å². The molecule has 1 heterocycles. The molecular weight excluding hydrogens is 174 g/mol. The maximum atomic E-state index is 11.2. The Bertz CT molecular complexity index is 376. The summed E-state index contributed by atoms with van der Waals surface area (Å²) in [6, 6.07) is 4.24. The molecule has 0 bridgehead atoms. The molecule has 1 atom stereocenters. The highest BCUT2D eigenvalue weighted by molar-refractivity contribution is 5.98. The summed E-state index contributed by atoms with van der Waals surface area (Å²) in [5, 5.41) is 27.8. The van der Waals surface area contributed by atoms with Gasteiger partial charge in [0.2, 0.25) is 0 Å². The molecule has 0 fully saturated rings. The van der Waals surface area contributed by atoms with Gasteiger partial charge in [0.25, 0.3) is 5.91 Å². The van der Waals surface area contributed by atoms with Crippen molar-refractivity contribution in [2.24, 2.45) is 0 Å². The highest BCUT2D eigenvalue weighted by Gasteiger charge is 2.36. The molecule has 0 saturated heterocycles. The van der Waals surface area contributed by atoms with Crippen LogP contribution < -0.4 is 0 Å². The van der Waals surface area contributed by atoms with Crippen molar-refractivity contribution >= 4 is 5.91 Å². The number of amides is 1. The minimum absolute atomic E-state index is 0.0509. The number of hydrogen-bond donors (Lipinski definition) is 3. The summed E-state index contributed by atoms with van der Waals surface area (Å²) < 4.78 is 0. The predicted molar refractivity (Wildman–Crippen MR) is 41.0 cm³/mol. The summed E-state index contributed by atoms with van der Waals surface area (Å²) in [5.41, 5.74) is 0.171. The van der Waals surface area contributed by atoms with E-state index in [-0.39, 0.29) is 21.9 Å². The van der Waals surface area contributed by atoms with Gasteiger partial charge in [-0.1, -0.05) is 6.07 Å². The van der Waals surface area contributed by atoms with E-state index in [1.807, 2.05) is 0 Å². The first kappa shape index (κ1) is 8.03. The number of phenolic OH excluding ortho intramolecular Hbond substituents is 1. The van der Waals surface area contributed by atoms with E-state index in [9.17, 15) is 15.0 Å². The first-order valence-electron chi connectivity index (χ1n) is 3.65. The van der Waals surface area contributed by atoms with Crippen LogP contribution in [0.5, 0.6) is 5.75 Å². The van der Waals surface area contributed by atoms with Gasteiger partial charge in [-0.15, -0.1) is 0 Å². The Morgan fingerprint density at radius 1 is 1.38 bits per heavy atom. The molecule has 0 spiro atoms. The van der Waals surface area contributed by atoms with Crippen LogP contribution in [0.4, 0.5) is 0 Å². The lowest BCUT2D eigenvalue weighted by molar-refractivity contribution is -0.153. The summed E-state index contributed by atoms with van der Waals surface area (Å²) in [6.07, 6.45) is -1.47. The van der Waals surface area contributed by atoms with Gasteiger partial charge in [-0.3, -0.25) is 10.0 Å². The second-order valence-corrected chi connectivity index (χ2v) is 2.76. The van der Waals surface area contributed by atoms with Gasteiger partial charge in [-0.05, 0) is 12.1 Å². The molecule has 0 aromatic heterocycles. The van der Waals surface area contributed by atoms with Crippen molar-refractivity contribution in [3.63, 3.8) is 0 Å². The van der Waals surface area contributed by atoms with Gasteiger partial charge in [-0.2, -0.15) is 5.06 Å². The summed E-state index contributed by atoms with van der Waals surface area (Å²) in [4.78, 5) is 11.2. The van der Waals surface area contributed by atoms with Crippen molar-refractivity contribution in [1.29, 1.82) is 0 Å². The number of carbonyl (C=O) groups is 1. The third-order valence-corrected chi connectivity index (χ3v) is 2.01. The number of nitrogens with zero attached hydrogens (tertiary/aromatic N) is 1. The van der Waals surface area contributed by atoms with Crippen LogP contribution in [-0.4, -0.2) is 26.4 Å². The smallest absolute Gasteiger partial charge is 0.280 e. The van der Waals surface area contributed by atoms with Crippen LogP contribution in [0, 0.1) is 0 Å². The molecule has 0 radical (unpaired) electrons. The number of fused-ring (bicyclic) bond motifs is 1. The highest BCUT2D eigenvalue weighted by atomic mass is 16.5. The molecular formula is C8H7NO4. The number of hydrogen-bond acceptors (Lipinski definition) is 4.